The van der Waals surface area contributed by atoms with Crippen LogP contribution in [0.2, 0.25) is 0 Å². The van der Waals surface area contributed by atoms with Gasteiger partial charge < -0.3 is 20.9 Å². The van der Waals surface area contributed by atoms with E-state index in [1.807, 2.05) is 24.3 Å². The Kier molecular flexibility index (Phi) is 8.85. The molecular formula is C22H30N4O2. The van der Waals surface area contributed by atoms with Gasteiger partial charge in [0.05, 0.1) is 13.2 Å². The third kappa shape index (κ3) is 7.70. The molecule has 0 radical (unpaired) electrons. The SMILES string of the molecule is N=C(N)c1ccc(OCCCCCCCCOc2cccc(C(=N)N)c2)cc1. The smallest absolute Gasteiger partial charge is 0.122 e. The number of hydrogen-bond acceptors (Lipinski definition) is 4. The Balaban J connectivity index is 1.47. The molecular weight excluding hydrogens is 352 g/mol. The van der Waals surface area contributed by atoms with Crippen LogP contribution in [-0.2, 0) is 0 Å². The number of hydrogen-bond donors (Lipinski definition) is 4. The molecule has 0 unspecified atom stereocenters. The molecule has 0 heterocycles. The van der Waals surface area contributed by atoms with Gasteiger partial charge in [-0.3, -0.25) is 10.8 Å². The molecule has 2 aromatic rings. The number of nitrogens with two attached hydrogens (primary N) is 2. The highest BCUT2D eigenvalue weighted by atomic mass is 16.5. The van der Waals surface area contributed by atoms with Crippen molar-refractivity contribution in [3.8, 4) is 11.5 Å². The van der Waals surface area contributed by atoms with Gasteiger partial charge in [-0.1, -0.05) is 37.8 Å². The maximum absolute atomic E-state index is 7.44. The van der Waals surface area contributed by atoms with Gasteiger partial charge >= 0.3 is 0 Å². The molecule has 6 nitrogen and oxygen atoms in total. The Bertz CT molecular complexity index is 759. The van der Waals surface area contributed by atoms with Crippen molar-refractivity contribution in [2.75, 3.05) is 13.2 Å². The molecule has 0 saturated carbocycles. The van der Waals surface area contributed by atoms with Crippen LogP contribution in [0.3, 0.4) is 0 Å². The minimum atomic E-state index is 0.0579. The maximum atomic E-state index is 7.44. The number of amidine groups is 2. The van der Waals surface area contributed by atoms with Gasteiger partial charge in [0, 0.05) is 11.1 Å². The van der Waals surface area contributed by atoms with Crippen LogP contribution in [0.15, 0.2) is 48.5 Å². The summed E-state index contributed by atoms with van der Waals surface area (Å²) in [7, 11) is 0. The molecule has 2 rings (SSSR count). The van der Waals surface area contributed by atoms with E-state index in [2.05, 4.69) is 0 Å². The first-order valence-corrected chi connectivity index (χ1v) is 9.71. The number of benzene rings is 2. The van der Waals surface area contributed by atoms with E-state index < -0.39 is 0 Å². The zero-order valence-electron chi connectivity index (χ0n) is 16.2. The predicted molar refractivity (Wildman–Crippen MR) is 114 cm³/mol. The summed E-state index contributed by atoms with van der Waals surface area (Å²) < 4.78 is 11.4. The van der Waals surface area contributed by atoms with E-state index >= 15 is 0 Å². The number of rotatable bonds is 13. The van der Waals surface area contributed by atoms with Crippen molar-refractivity contribution in [2.45, 2.75) is 38.5 Å². The fourth-order valence-corrected chi connectivity index (χ4v) is 2.78. The van der Waals surface area contributed by atoms with Crippen molar-refractivity contribution in [3.63, 3.8) is 0 Å². The fourth-order valence-electron chi connectivity index (χ4n) is 2.78. The van der Waals surface area contributed by atoms with Crippen molar-refractivity contribution >= 4 is 11.7 Å². The molecule has 0 aromatic heterocycles. The minimum Gasteiger partial charge on any atom is -0.494 e. The Morgan fingerprint density at radius 3 is 1.75 bits per heavy atom. The van der Waals surface area contributed by atoms with Crippen molar-refractivity contribution in [1.29, 1.82) is 10.8 Å². The number of unbranched alkanes of at least 4 members (excludes halogenated alkanes) is 5. The van der Waals surface area contributed by atoms with E-state index in [0.29, 0.717) is 24.3 Å². The average Bonchev–Trinajstić information content (AvgIpc) is 2.70. The van der Waals surface area contributed by atoms with Gasteiger partial charge in [0.1, 0.15) is 23.2 Å². The van der Waals surface area contributed by atoms with Gasteiger partial charge in [-0.15, -0.1) is 0 Å². The summed E-state index contributed by atoms with van der Waals surface area (Å²) in [5.41, 5.74) is 12.3. The molecule has 0 fully saturated rings. The summed E-state index contributed by atoms with van der Waals surface area (Å²) in [5.74, 6) is 1.71. The highest BCUT2D eigenvalue weighted by Gasteiger charge is 2.00. The molecule has 0 saturated heterocycles. The van der Waals surface area contributed by atoms with E-state index in [-0.39, 0.29) is 11.7 Å². The summed E-state index contributed by atoms with van der Waals surface area (Å²) >= 11 is 0. The third-order valence-corrected chi connectivity index (χ3v) is 4.39. The van der Waals surface area contributed by atoms with Gasteiger partial charge in [-0.2, -0.15) is 0 Å². The lowest BCUT2D eigenvalue weighted by Crippen LogP contribution is -2.11. The zero-order valence-corrected chi connectivity index (χ0v) is 16.2. The van der Waals surface area contributed by atoms with Crippen LogP contribution in [0.4, 0.5) is 0 Å². The van der Waals surface area contributed by atoms with Crippen LogP contribution in [-0.4, -0.2) is 24.9 Å². The van der Waals surface area contributed by atoms with Gasteiger partial charge in [-0.05, 0) is 49.2 Å². The van der Waals surface area contributed by atoms with E-state index in [1.54, 1.807) is 24.3 Å². The summed E-state index contributed by atoms with van der Waals surface area (Å²) in [6.45, 7) is 1.38. The Morgan fingerprint density at radius 2 is 1.18 bits per heavy atom. The van der Waals surface area contributed by atoms with E-state index in [1.165, 1.54) is 12.8 Å². The number of nitrogen functional groups attached to an aromatic ring is 2. The standard InChI is InChI=1S/C22H30N4O2/c23-21(24)17-10-12-19(13-11-17)27-14-5-3-1-2-4-6-15-28-20-9-7-8-18(16-20)22(25)26/h7-13,16H,1-6,14-15H2,(H3,23,24)(H3,25,26). The molecule has 0 aliphatic rings. The van der Waals surface area contributed by atoms with Gasteiger partial charge in [0.15, 0.2) is 0 Å². The van der Waals surface area contributed by atoms with E-state index in [0.717, 1.165) is 37.2 Å². The lowest BCUT2D eigenvalue weighted by atomic mass is 10.1. The molecule has 6 N–H and O–H groups in total. The number of nitrogens with one attached hydrogen (secondary N) is 2. The molecule has 28 heavy (non-hydrogen) atoms. The molecule has 0 bridgehead atoms. The highest BCUT2D eigenvalue weighted by Crippen LogP contribution is 2.15. The Labute approximate surface area is 166 Å². The number of ether oxygens (including phenoxy) is 2. The molecule has 0 atom stereocenters. The lowest BCUT2D eigenvalue weighted by molar-refractivity contribution is 0.297. The van der Waals surface area contributed by atoms with Crippen molar-refractivity contribution in [3.05, 3.63) is 59.7 Å². The quantitative estimate of drug-likeness (QED) is 0.237. The molecule has 0 amide bonds. The second-order valence-corrected chi connectivity index (χ2v) is 6.70. The maximum Gasteiger partial charge on any atom is 0.122 e. The second-order valence-electron chi connectivity index (χ2n) is 6.70. The van der Waals surface area contributed by atoms with Crippen LogP contribution in [0.1, 0.15) is 49.7 Å². The monoisotopic (exact) mass is 382 g/mol. The average molecular weight is 383 g/mol. The molecule has 6 heteroatoms. The van der Waals surface area contributed by atoms with E-state index in [4.69, 9.17) is 31.8 Å². The Morgan fingerprint density at radius 1 is 0.643 bits per heavy atom. The first kappa shape index (κ1) is 21.3. The van der Waals surface area contributed by atoms with Crippen LogP contribution in [0.25, 0.3) is 0 Å². The molecule has 0 spiro atoms. The second kappa shape index (κ2) is 11.6. The zero-order chi connectivity index (χ0) is 20.2. The Hall–Kier alpha value is -3.02. The van der Waals surface area contributed by atoms with Crippen LogP contribution in [0.5, 0.6) is 11.5 Å². The third-order valence-electron chi connectivity index (χ3n) is 4.39. The van der Waals surface area contributed by atoms with Crippen LogP contribution < -0.4 is 20.9 Å². The minimum absolute atomic E-state index is 0.0579. The first-order chi connectivity index (χ1) is 13.6. The fraction of sp³-hybridized carbons (Fsp3) is 0.364. The van der Waals surface area contributed by atoms with Crippen LogP contribution in [0, 0.1) is 10.8 Å². The van der Waals surface area contributed by atoms with Crippen molar-refractivity contribution < 1.29 is 9.47 Å². The van der Waals surface area contributed by atoms with E-state index in [9.17, 15) is 0 Å². The normalized spacial score (nSPS) is 10.4. The topological polar surface area (TPSA) is 118 Å². The van der Waals surface area contributed by atoms with Gasteiger partial charge in [0.2, 0.25) is 0 Å². The van der Waals surface area contributed by atoms with Gasteiger partial charge in [0.25, 0.3) is 0 Å². The van der Waals surface area contributed by atoms with Crippen molar-refractivity contribution in [2.24, 2.45) is 11.5 Å². The molecule has 0 aliphatic carbocycles. The molecule has 150 valence electrons. The van der Waals surface area contributed by atoms with Crippen LogP contribution >= 0.6 is 0 Å². The van der Waals surface area contributed by atoms with Gasteiger partial charge in [-0.25, -0.2) is 0 Å². The summed E-state index contributed by atoms with van der Waals surface area (Å²) in [6.07, 6.45) is 6.70. The highest BCUT2D eigenvalue weighted by molar-refractivity contribution is 5.95. The molecule has 0 aliphatic heterocycles. The van der Waals surface area contributed by atoms with Crippen molar-refractivity contribution in [1.82, 2.24) is 0 Å². The summed E-state index contributed by atoms with van der Waals surface area (Å²) in [4.78, 5) is 0. The predicted octanol–water partition coefficient (Wildman–Crippen LogP) is 4.05. The summed E-state index contributed by atoms with van der Waals surface area (Å²) in [5, 5.41) is 14.8. The summed E-state index contributed by atoms with van der Waals surface area (Å²) in [6, 6.07) is 14.7. The lowest BCUT2D eigenvalue weighted by Gasteiger charge is -2.08. The first-order valence-electron chi connectivity index (χ1n) is 9.71. The molecule has 2 aromatic carbocycles. The largest absolute Gasteiger partial charge is 0.494 e.